The molecule has 1 aliphatic rings. The first-order valence-electron chi connectivity index (χ1n) is 23.2. The minimum atomic E-state index is -0.548. The summed E-state index contributed by atoms with van der Waals surface area (Å²) in [6.07, 6.45) is 0. The lowest BCUT2D eigenvalue weighted by atomic mass is 9.67. The molecule has 0 N–H and O–H groups in total. The van der Waals surface area contributed by atoms with Crippen molar-refractivity contribution in [1.29, 1.82) is 0 Å². The Bertz CT molecular complexity index is 3760. The topological polar surface area (TPSA) is 8.17 Å². The van der Waals surface area contributed by atoms with E-state index in [4.69, 9.17) is 0 Å². The van der Waals surface area contributed by atoms with E-state index in [1.54, 1.807) is 0 Å². The number of fused-ring (bicyclic) bond motifs is 8. The Labute approximate surface area is 390 Å². The SMILES string of the molecule is c1ccc(-c2ccccc2N(c2ccc3c(c2)C(c2ccccc2)(c2ccccc2)c2ccccc2-3)c2ccc3c4ccc5ccccc5c4n(-c4ccccc4-c4ccccc4)c3c2)cc1. The molecule has 0 radical (unpaired) electrons. The van der Waals surface area contributed by atoms with Crippen LogP contribution in [0, 0.1) is 0 Å². The van der Waals surface area contributed by atoms with Gasteiger partial charge in [-0.25, -0.2) is 0 Å². The normalized spacial score (nSPS) is 12.6. The van der Waals surface area contributed by atoms with Crippen LogP contribution >= 0.6 is 0 Å². The molecule has 1 aliphatic carbocycles. The van der Waals surface area contributed by atoms with Crippen LogP contribution < -0.4 is 4.90 Å². The van der Waals surface area contributed by atoms with Crippen LogP contribution in [-0.4, -0.2) is 4.57 Å². The molecule has 11 aromatic carbocycles. The zero-order chi connectivity index (χ0) is 44.3. The Morgan fingerprint density at radius 1 is 0.328 bits per heavy atom. The van der Waals surface area contributed by atoms with Crippen molar-refractivity contribution in [2.75, 3.05) is 4.90 Å². The summed E-state index contributed by atoms with van der Waals surface area (Å²) in [5, 5.41) is 4.88. The number of hydrogen-bond donors (Lipinski definition) is 0. The fourth-order valence-corrected chi connectivity index (χ4v) is 11.2. The van der Waals surface area contributed by atoms with Crippen LogP contribution in [0.25, 0.3) is 71.6 Å². The number of rotatable bonds is 8. The Hall–Kier alpha value is -8.72. The third-order valence-corrected chi connectivity index (χ3v) is 14.1. The van der Waals surface area contributed by atoms with Crippen molar-refractivity contribution in [3.8, 4) is 39.1 Å². The average molecular weight is 853 g/mol. The van der Waals surface area contributed by atoms with Gasteiger partial charge in [0.25, 0.3) is 0 Å². The zero-order valence-corrected chi connectivity index (χ0v) is 36.8. The van der Waals surface area contributed by atoms with Gasteiger partial charge in [-0.3, -0.25) is 0 Å². The molecule has 0 saturated carbocycles. The molecule has 0 bridgehead atoms. The molecule has 0 saturated heterocycles. The molecule has 0 aliphatic heterocycles. The first kappa shape index (κ1) is 38.7. The largest absolute Gasteiger partial charge is 0.310 e. The lowest BCUT2D eigenvalue weighted by Crippen LogP contribution is -2.28. The predicted octanol–water partition coefficient (Wildman–Crippen LogP) is 17.1. The maximum atomic E-state index is 2.52. The number of hydrogen-bond acceptors (Lipinski definition) is 1. The molecule has 2 heteroatoms. The minimum absolute atomic E-state index is 0.548. The highest BCUT2D eigenvalue weighted by Crippen LogP contribution is 2.57. The van der Waals surface area contributed by atoms with Gasteiger partial charge >= 0.3 is 0 Å². The van der Waals surface area contributed by atoms with E-state index in [-0.39, 0.29) is 0 Å². The minimum Gasteiger partial charge on any atom is -0.310 e. The van der Waals surface area contributed by atoms with E-state index in [0.717, 1.165) is 39.4 Å². The lowest BCUT2D eigenvalue weighted by molar-refractivity contribution is 0.768. The van der Waals surface area contributed by atoms with E-state index >= 15 is 0 Å². The van der Waals surface area contributed by atoms with Gasteiger partial charge in [0.2, 0.25) is 0 Å². The molecular weight excluding hydrogens is 809 g/mol. The number of anilines is 3. The Balaban J connectivity index is 1.13. The number of para-hydroxylation sites is 2. The highest BCUT2D eigenvalue weighted by molar-refractivity contribution is 6.19. The molecule has 0 spiro atoms. The van der Waals surface area contributed by atoms with Gasteiger partial charge in [-0.2, -0.15) is 0 Å². The van der Waals surface area contributed by atoms with Crippen LogP contribution in [0.5, 0.6) is 0 Å². The van der Waals surface area contributed by atoms with E-state index in [9.17, 15) is 0 Å². The fourth-order valence-electron chi connectivity index (χ4n) is 11.2. The molecule has 0 unspecified atom stereocenters. The van der Waals surface area contributed by atoms with Crippen molar-refractivity contribution in [1.82, 2.24) is 4.57 Å². The van der Waals surface area contributed by atoms with Crippen LogP contribution in [0.15, 0.2) is 267 Å². The van der Waals surface area contributed by atoms with Crippen molar-refractivity contribution >= 4 is 49.6 Å². The van der Waals surface area contributed by atoms with Crippen molar-refractivity contribution < 1.29 is 0 Å². The quantitative estimate of drug-likeness (QED) is 0.148. The number of benzene rings is 11. The zero-order valence-electron chi connectivity index (χ0n) is 36.8. The van der Waals surface area contributed by atoms with E-state index < -0.39 is 5.41 Å². The van der Waals surface area contributed by atoms with Gasteiger partial charge in [-0.1, -0.05) is 231 Å². The van der Waals surface area contributed by atoms with Crippen molar-refractivity contribution in [3.05, 3.63) is 289 Å². The van der Waals surface area contributed by atoms with Gasteiger partial charge < -0.3 is 9.47 Å². The Morgan fingerprint density at radius 3 is 1.58 bits per heavy atom. The summed E-state index contributed by atoms with van der Waals surface area (Å²) in [5.41, 5.74) is 18.5. The first-order chi connectivity index (χ1) is 33.3. The second-order valence-corrected chi connectivity index (χ2v) is 17.6. The smallest absolute Gasteiger partial charge is 0.0714 e. The molecule has 0 amide bonds. The van der Waals surface area contributed by atoms with Gasteiger partial charge in [0.1, 0.15) is 0 Å². The van der Waals surface area contributed by atoms with Gasteiger partial charge in [-0.15, -0.1) is 0 Å². The summed E-state index contributed by atoms with van der Waals surface area (Å²) in [5.74, 6) is 0. The lowest BCUT2D eigenvalue weighted by Gasteiger charge is -2.35. The molecule has 1 heterocycles. The van der Waals surface area contributed by atoms with Crippen LogP contribution in [-0.2, 0) is 5.41 Å². The van der Waals surface area contributed by atoms with E-state index in [0.29, 0.717) is 0 Å². The Kier molecular flexibility index (Phi) is 9.11. The summed E-state index contributed by atoms with van der Waals surface area (Å²) >= 11 is 0. The van der Waals surface area contributed by atoms with Crippen LogP contribution in [0.3, 0.4) is 0 Å². The molecule has 13 rings (SSSR count). The molecule has 67 heavy (non-hydrogen) atoms. The molecule has 314 valence electrons. The number of aromatic nitrogens is 1. The summed E-state index contributed by atoms with van der Waals surface area (Å²) < 4.78 is 2.52. The average Bonchev–Trinajstić information content (AvgIpc) is 3.90. The van der Waals surface area contributed by atoms with Gasteiger partial charge in [0.15, 0.2) is 0 Å². The third-order valence-electron chi connectivity index (χ3n) is 14.1. The summed E-state index contributed by atoms with van der Waals surface area (Å²) in [4.78, 5) is 2.50. The van der Waals surface area contributed by atoms with Gasteiger partial charge in [-0.05, 0) is 86.3 Å². The molecule has 0 atom stereocenters. The van der Waals surface area contributed by atoms with Crippen molar-refractivity contribution in [2.45, 2.75) is 5.41 Å². The second kappa shape index (κ2) is 15.8. The summed E-state index contributed by atoms with van der Waals surface area (Å²) in [6.45, 7) is 0. The standard InChI is InChI=1S/C65H44N2/c1-5-21-45(22-6-1)52-30-16-19-35-61(52)66(50-38-41-56-55-33-15-18-34-59(55)65(60(56)43-50,48-26-9-3-10-27-48)49-28-11-4-12-29-49)51-39-42-57-58-40-37-47-25-13-14-32-54(47)64(58)67(63(57)44-51)62-36-20-17-31-53(62)46-23-7-2-8-24-46/h1-44H. The molecule has 1 aromatic heterocycles. The molecule has 2 nitrogen and oxygen atoms in total. The highest BCUT2D eigenvalue weighted by Gasteiger charge is 2.46. The molecule has 0 fully saturated rings. The van der Waals surface area contributed by atoms with Crippen LogP contribution in [0.2, 0.25) is 0 Å². The fraction of sp³-hybridized carbons (Fsp3) is 0.0154. The third kappa shape index (κ3) is 6.04. The van der Waals surface area contributed by atoms with Crippen molar-refractivity contribution in [3.63, 3.8) is 0 Å². The highest BCUT2D eigenvalue weighted by atomic mass is 15.1. The van der Waals surface area contributed by atoms with Gasteiger partial charge in [0.05, 0.1) is 27.8 Å². The Morgan fingerprint density at radius 2 is 0.851 bits per heavy atom. The van der Waals surface area contributed by atoms with E-state index in [2.05, 4.69) is 276 Å². The maximum absolute atomic E-state index is 2.52. The number of nitrogens with zero attached hydrogens (tertiary/aromatic N) is 2. The van der Waals surface area contributed by atoms with Gasteiger partial charge in [0, 0.05) is 38.7 Å². The van der Waals surface area contributed by atoms with E-state index in [1.807, 2.05) is 0 Å². The first-order valence-corrected chi connectivity index (χ1v) is 23.2. The van der Waals surface area contributed by atoms with E-state index in [1.165, 1.54) is 71.6 Å². The second-order valence-electron chi connectivity index (χ2n) is 17.6. The van der Waals surface area contributed by atoms with Crippen LogP contribution in [0.4, 0.5) is 17.1 Å². The molecular formula is C65H44N2. The summed E-state index contributed by atoms with van der Waals surface area (Å²) in [7, 11) is 0. The maximum Gasteiger partial charge on any atom is 0.0714 e. The van der Waals surface area contributed by atoms with Crippen LogP contribution in [0.1, 0.15) is 22.3 Å². The summed E-state index contributed by atoms with van der Waals surface area (Å²) in [6, 6.07) is 98.2. The van der Waals surface area contributed by atoms with Crippen molar-refractivity contribution in [2.24, 2.45) is 0 Å². The predicted molar refractivity (Wildman–Crippen MR) is 281 cm³/mol. The molecule has 12 aromatic rings. The monoisotopic (exact) mass is 852 g/mol.